The Morgan fingerprint density at radius 1 is 1.03 bits per heavy atom. The molecular weight excluding hydrogens is 426 g/mol. The molecular formula is C20H25N3O5S2. The molecule has 1 aliphatic heterocycles. The van der Waals surface area contributed by atoms with Gasteiger partial charge >= 0.3 is 0 Å². The van der Waals surface area contributed by atoms with E-state index in [1.165, 1.54) is 23.4 Å². The van der Waals surface area contributed by atoms with E-state index in [2.05, 4.69) is 10.0 Å². The van der Waals surface area contributed by atoms with Gasteiger partial charge in [0.15, 0.2) is 0 Å². The van der Waals surface area contributed by atoms with Crippen LogP contribution < -0.4 is 14.3 Å². The number of carbonyl (C=O) groups excluding carboxylic acids is 1. The molecule has 2 aromatic rings. The minimum Gasteiger partial charge on any atom is -0.326 e. The van der Waals surface area contributed by atoms with Crippen LogP contribution in [0.25, 0.3) is 0 Å². The summed E-state index contributed by atoms with van der Waals surface area (Å²) in [7, 11) is -7.31. The van der Waals surface area contributed by atoms with Gasteiger partial charge in [0.1, 0.15) is 0 Å². The van der Waals surface area contributed by atoms with Gasteiger partial charge in [0, 0.05) is 19.2 Å². The van der Waals surface area contributed by atoms with Gasteiger partial charge in [0.2, 0.25) is 15.9 Å². The van der Waals surface area contributed by atoms with E-state index in [-0.39, 0.29) is 16.6 Å². The van der Waals surface area contributed by atoms with Crippen molar-refractivity contribution in [3.63, 3.8) is 0 Å². The summed E-state index contributed by atoms with van der Waals surface area (Å²) in [5.74, 6) is -0.165. The highest BCUT2D eigenvalue weighted by molar-refractivity contribution is 7.93. The van der Waals surface area contributed by atoms with Gasteiger partial charge in [-0.05, 0) is 68.1 Å². The molecule has 2 aromatic carbocycles. The van der Waals surface area contributed by atoms with Crippen LogP contribution >= 0.6 is 0 Å². The number of nitrogens with zero attached hydrogens (tertiary/aromatic N) is 1. The fourth-order valence-electron chi connectivity index (χ4n) is 3.47. The summed E-state index contributed by atoms with van der Waals surface area (Å²) in [6, 6.07) is 9.50. The van der Waals surface area contributed by atoms with Crippen molar-refractivity contribution in [2.45, 2.75) is 38.5 Å². The quantitative estimate of drug-likeness (QED) is 0.726. The number of benzene rings is 2. The van der Waals surface area contributed by atoms with E-state index in [1.54, 1.807) is 38.1 Å². The molecule has 0 aliphatic carbocycles. The number of anilines is 3. The average Bonchev–Trinajstić information content (AvgIpc) is 2.62. The zero-order valence-corrected chi connectivity index (χ0v) is 18.7. The van der Waals surface area contributed by atoms with Crippen LogP contribution in [0.1, 0.15) is 30.9 Å². The van der Waals surface area contributed by atoms with Gasteiger partial charge in [-0.1, -0.05) is 6.07 Å². The largest absolute Gasteiger partial charge is 0.326 e. The van der Waals surface area contributed by atoms with E-state index >= 15 is 0 Å². The van der Waals surface area contributed by atoms with Crippen LogP contribution in [0.3, 0.4) is 0 Å². The van der Waals surface area contributed by atoms with Gasteiger partial charge in [-0.15, -0.1) is 0 Å². The van der Waals surface area contributed by atoms with Crippen LogP contribution in [0.5, 0.6) is 0 Å². The lowest BCUT2D eigenvalue weighted by Gasteiger charge is -2.30. The van der Waals surface area contributed by atoms with Gasteiger partial charge in [-0.3, -0.25) is 13.8 Å². The molecule has 1 saturated heterocycles. The number of hydrogen-bond donors (Lipinski definition) is 2. The average molecular weight is 452 g/mol. The lowest BCUT2D eigenvalue weighted by atomic mass is 10.1. The first-order valence-corrected chi connectivity index (χ1v) is 12.6. The fraction of sp³-hybridized carbons (Fsp3) is 0.350. The van der Waals surface area contributed by atoms with Crippen molar-refractivity contribution >= 4 is 43.0 Å². The third-order valence-electron chi connectivity index (χ3n) is 4.84. The molecule has 0 unspecified atom stereocenters. The van der Waals surface area contributed by atoms with Crippen molar-refractivity contribution in [1.82, 2.24) is 0 Å². The van der Waals surface area contributed by atoms with Crippen molar-refractivity contribution in [2.75, 3.05) is 26.6 Å². The van der Waals surface area contributed by atoms with Crippen molar-refractivity contribution in [3.05, 3.63) is 47.5 Å². The van der Waals surface area contributed by atoms with E-state index in [9.17, 15) is 21.6 Å². The van der Waals surface area contributed by atoms with E-state index in [0.29, 0.717) is 41.2 Å². The standard InChI is InChI=1S/C20H25N3O5S2/c1-14-12-20(15(2)11-19(14)23-9-4-5-10-29(23,25)26)30(27,28)22-18-8-6-7-17(13-18)21-16(3)24/h6-8,11-13,22H,4-5,9-10H2,1-3H3,(H,21,24). The fourth-order valence-corrected chi connectivity index (χ4v) is 6.52. The molecule has 0 aromatic heterocycles. The van der Waals surface area contributed by atoms with E-state index in [1.807, 2.05) is 0 Å². The molecule has 1 amide bonds. The Morgan fingerprint density at radius 2 is 1.73 bits per heavy atom. The Balaban J connectivity index is 1.94. The summed E-state index contributed by atoms with van der Waals surface area (Å²) in [5, 5.41) is 2.61. The molecule has 162 valence electrons. The molecule has 0 radical (unpaired) electrons. The highest BCUT2D eigenvalue weighted by Gasteiger charge is 2.28. The monoisotopic (exact) mass is 451 g/mol. The third-order valence-corrected chi connectivity index (χ3v) is 8.21. The summed E-state index contributed by atoms with van der Waals surface area (Å²) >= 11 is 0. The highest BCUT2D eigenvalue weighted by atomic mass is 32.2. The molecule has 0 saturated carbocycles. The summed E-state index contributed by atoms with van der Waals surface area (Å²) in [4.78, 5) is 11.3. The second-order valence-corrected chi connectivity index (χ2v) is 11.0. The maximum absolute atomic E-state index is 13.0. The molecule has 3 rings (SSSR count). The Labute approximate surface area is 177 Å². The Morgan fingerprint density at radius 3 is 2.40 bits per heavy atom. The zero-order chi connectivity index (χ0) is 22.1. The van der Waals surface area contributed by atoms with E-state index in [0.717, 1.165) is 6.42 Å². The molecule has 1 aliphatic rings. The first-order valence-electron chi connectivity index (χ1n) is 9.52. The number of carbonyl (C=O) groups is 1. The minimum absolute atomic E-state index is 0.0723. The van der Waals surface area contributed by atoms with Gasteiger partial charge in [-0.25, -0.2) is 16.8 Å². The van der Waals surface area contributed by atoms with Crippen LogP contribution in [0, 0.1) is 13.8 Å². The number of sulfonamides is 2. The van der Waals surface area contributed by atoms with Gasteiger partial charge in [0.05, 0.1) is 22.0 Å². The molecule has 8 nitrogen and oxygen atoms in total. The molecule has 0 atom stereocenters. The minimum atomic E-state index is -3.92. The van der Waals surface area contributed by atoms with E-state index in [4.69, 9.17) is 0 Å². The van der Waals surface area contributed by atoms with Gasteiger partial charge in [0.25, 0.3) is 10.0 Å². The lowest BCUT2D eigenvalue weighted by Crippen LogP contribution is -2.38. The van der Waals surface area contributed by atoms with Crippen molar-refractivity contribution in [3.8, 4) is 0 Å². The van der Waals surface area contributed by atoms with Crippen LogP contribution in [-0.2, 0) is 24.8 Å². The number of nitrogens with one attached hydrogen (secondary N) is 2. The summed E-state index contributed by atoms with van der Waals surface area (Å²) in [6.07, 6.45) is 1.40. The lowest BCUT2D eigenvalue weighted by molar-refractivity contribution is -0.114. The van der Waals surface area contributed by atoms with Crippen molar-refractivity contribution in [1.29, 1.82) is 0 Å². The predicted molar refractivity (Wildman–Crippen MR) is 118 cm³/mol. The van der Waals surface area contributed by atoms with Crippen LogP contribution in [0.15, 0.2) is 41.3 Å². The first-order chi connectivity index (χ1) is 14.0. The molecule has 10 heteroatoms. The maximum atomic E-state index is 13.0. The molecule has 0 spiro atoms. The highest BCUT2D eigenvalue weighted by Crippen LogP contribution is 2.32. The van der Waals surface area contributed by atoms with Crippen molar-refractivity contribution < 1.29 is 21.6 Å². The second kappa shape index (κ2) is 8.27. The molecule has 1 fully saturated rings. The SMILES string of the molecule is CC(=O)Nc1cccc(NS(=O)(=O)c2cc(C)c(N3CCCCS3(=O)=O)cc2C)c1. The first kappa shape index (κ1) is 22.1. The Kier molecular flexibility index (Phi) is 6.09. The number of aryl methyl sites for hydroxylation is 2. The Bertz CT molecular complexity index is 1190. The topological polar surface area (TPSA) is 113 Å². The summed E-state index contributed by atoms with van der Waals surface area (Å²) in [5.41, 5.74) is 2.31. The number of amides is 1. The molecule has 30 heavy (non-hydrogen) atoms. The normalized spacial score (nSPS) is 16.2. The van der Waals surface area contributed by atoms with E-state index < -0.39 is 20.0 Å². The second-order valence-electron chi connectivity index (χ2n) is 7.37. The number of rotatable bonds is 5. The molecule has 0 bridgehead atoms. The van der Waals surface area contributed by atoms with Gasteiger partial charge < -0.3 is 5.32 Å². The summed E-state index contributed by atoms with van der Waals surface area (Å²) < 4.78 is 54.8. The maximum Gasteiger partial charge on any atom is 0.262 e. The zero-order valence-electron chi connectivity index (χ0n) is 17.1. The number of hydrogen-bond acceptors (Lipinski definition) is 5. The van der Waals surface area contributed by atoms with Crippen LogP contribution in [-0.4, -0.2) is 35.0 Å². The van der Waals surface area contributed by atoms with Crippen LogP contribution in [0.2, 0.25) is 0 Å². The molecule has 1 heterocycles. The van der Waals surface area contributed by atoms with Crippen LogP contribution in [0.4, 0.5) is 17.1 Å². The Hall–Kier alpha value is -2.59. The predicted octanol–water partition coefficient (Wildman–Crippen LogP) is 2.99. The summed E-state index contributed by atoms with van der Waals surface area (Å²) in [6.45, 7) is 5.10. The van der Waals surface area contributed by atoms with Crippen molar-refractivity contribution in [2.24, 2.45) is 0 Å². The third kappa shape index (κ3) is 4.76. The van der Waals surface area contributed by atoms with Gasteiger partial charge in [-0.2, -0.15) is 0 Å². The molecule has 2 N–H and O–H groups in total. The smallest absolute Gasteiger partial charge is 0.262 e.